The molecule has 1 aromatic carbocycles. The van der Waals surface area contributed by atoms with Gasteiger partial charge in [-0.05, 0) is 80.0 Å². The first-order valence-corrected chi connectivity index (χ1v) is 9.21. The van der Waals surface area contributed by atoms with E-state index in [2.05, 4.69) is 23.5 Å². The predicted octanol–water partition coefficient (Wildman–Crippen LogP) is 3.99. The first kappa shape index (κ1) is 12.7. The van der Waals surface area contributed by atoms with Crippen molar-refractivity contribution < 1.29 is 0 Å². The Bertz CT molecular complexity index is 555. The minimum Gasteiger partial charge on any atom is -0.313 e. The van der Waals surface area contributed by atoms with Gasteiger partial charge in [0.15, 0.2) is 0 Å². The van der Waals surface area contributed by atoms with Gasteiger partial charge in [0.2, 0.25) is 0 Å². The first-order chi connectivity index (χ1) is 10.4. The average Bonchev–Trinajstić information content (AvgIpc) is 3.32. The van der Waals surface area contributed by atoms with Crippen LogP contribution in [0.25, 0.3) is 0 Å². The van der Waals surface area contributed by atoms with Crippen LogP contribution in [0.3, 0.4) is 0 Å². The minimum absolute atomic E-state index is 0.543. The molecule has 2 saturated carbocycles. The standard InChI is InChI=1S/C20H27N/c1-2-9-20-10-11-21-19(18(20)5-1)13-16-15(12-14-7-8-14)4-3-6-17(16)20/h3-4,6,14,18-19,21H,1-2,5,7-13H2/t18-,19+,20-/m0/s1. The van der Waals surface area contributed by atoms with E-state index in [1.807, 2.05) is 0 Å². The summed E-state index contributed by atoms with van der Waals surface area (Å²) in [6.07, 6.45) is 12.8. The lowest BCUT2D eigenvalue weighted by Crippen LogP contribution is -2.59. The van der Waals surface area contributed by atoms with Crippen molar-refractivity contribution in [2.24, 2.45) is 11.8 Å². The van der Waals surface area contributed by atoms with Crippen LogP contribution in [0.2, 0.25) is 0 Å². The van der Waals surface area contributed by atoms with Crippen molar-refractivity contribution in [1.82, 2.24) is 5.32 Å². The zero-order valence-electron chi connectivity index (χ0n) is 13.0. The van der Waals surface area contributed by atoms with Crippen LogP contribution < -0.4 is 5.32 Å². The second kappa shape index (κ2) is 4.59. The van der Waals surface area contributed by atoms with Crippen LogP contribution >= 0.6 is 0 Å². The zero-order valence-corrected chi connectivity index (χ0v) is 13.0. The average molecular weight is 281 g/mol. The summed E-state index contributed by atoms with van der Waals surface area (Å²) in [4.78, 5) is 0. The van der Waals surface area contributed by atoms with E-state index in [9.17, 15) is 0 Å². The lowest BCUT2D eigenvalue weighted by molar-refractivity contribution is 0.0794. The van der Waals surface area contributed by atoms with Crippen molar-refractivity contribution in [2.45, 2.75) is 69.2 Å². The van der Waals surface area contributed by atoms with Gasteiger partial charge in [-0.2, -0.15) is 0 Å². The number of benzene rings is 1. The first-order valence-electron chi connectivity index (χ1n) is 9.21. The summed E-state index contributed by atoms with van der Waals surface area (Å²) in [6.45, 7) is 1.24. The van der Waals surface area contributed by atoms with Crippen LogP contribution in [-0.2, 0) is 18.3 Å². The third-order valence-electron chi connectivity index (χ3n) is 7.00. The molecule has 3 atom stereocenters. The smallest absolute Gasteiger partial charge is 0.0144 e. The minimum atomic E-state index is 0.543. The van der Waals surface area contributed by atoms with E-state index in [-0.39, 0.29) is 0 Å². The van der Waals surface area contributed by atoms with Gasteiger partial charge in [0.1, 0.15) is 0 Å². The Labute approximate surface area is 128 Å². The monoisotopic (exact) mass is 281 g/mol. The third kappa shape index (κ3) is 1.86. The van der Waals surface area contributed by atoms with Gasteiger partial charge >= 0.3 is 0 Å². The SMILES string of the molecule is c1cc(CC2CC2)c2c(c1)[C@@]13CCCC[C@H]1[C@@H](C2)NCC3. The maximum atomic E-state index is 3.88. The maximum Gasteiger partial charge on any atom is 0.0144 e. The highest BCUT2D eigenvalue weighted by Gasteiger charge is 2.51. The quantitative estimate of drug-likeness (QED) is 0.864. The molecule has 0 unspecified atom stereocenters. The molecule has 1 aliphatic heterocycles. The molecule has 2 bridgehead atoms. The topological polar surface area (TPSA) is 12.0 Å². The van der Waals surface area contributed by atoms with Gasteiger partial charge in [-0.3, -0.25) is 0 Å². The molecule has 112 valence electrons. The van der Waals surface area contributed by atoms with E-state index in [4.69, 9.17) is 0 Å². The molecule has 21 heavy (non-hydrogen) atoms. The lowest BCUT2D eigenvalue weighted by atomic mass is 9.52. The Morgan fingerprint density at radius 2 is 2.05 bits per heavy atom. The lowest BCUT2D eigenvalue weighted by Gasteiger charge is -2.56. The van der Waals surface area contributed by atoms with Gasteiger partial charge in [-0.25, -0.2) is 0 Å². The van der Waals surface area contributed by atoms with Crippen LogP contribution in [0.1, 0.15) is 61.6 Å². The molecule has 1 heterocycles. The number of piperidine rings is 1. The Hall–Kier alpha value is -0.820. The van der Waals surface area contributed by atoms with Crippen LogP contribution in [-0.4, -0.2) is 12.6 Å². The summed E-state index contributed by atoms with van der Waals surface area (Å²) in [5.74, 6) is 1.93. The van der Waals surface area contributed by atoms with E-state index in [0.717, 1.165) is 17.9 Å². The summed E-state index contributed by atoms with van der Waals surface area (Å²) in [5, 5.41) is 3.88. The highest BCUT2D eigenvalue weighted by molar-refractivity contribution is 5.46. The molecule has 1 nitrogen and oxygen atoms in total. The van der Waals surface area contributed by atoms with Crippen LogP contribution in [0.15, 0.2) is 18.2 Å². The molecule has 4 aliphatic rings. The van der Waals surface area contributed by atoms with Crippen molar-refractivity contribution in [2.75, 3.05) is 6.54 Å². The van der Waals surface area contributed by atoms with E-state index >= 15 is 0 Å². The van der Waals surface area contributed by atoms with E-state index in [0.29, 0.717) is 5.41 Å². The number of hydrogen-bond donors (Lipinski definition) is 1. The molecule has 3 fully saturated rings. The second-order valence-electron chi connectivity index (χ2n) is 8.11. The van der Waals surface area contributed by atoms with E-state index < -0.39 is 0 Å². The van der Waals surface area contributed by atoms with Gasteiger partial charge in [0.05, 0.1) is 0 Å². The van der Waals surface area contributed by atoms with Crippen molar-refractivity contribution in [3.63, 3.8) is 0 Å². The van der Waals surface area contributed by atoms with Crippen molar-refractivity contribution in [3.05, 3.63) is 34.9 Å². The van der Waals surface area contributed by atoms with Crippen molar-refractivity contribution >= 4 is 0 Å². The van der Waals surface area contributed by atoms with Crippen molar-refractivity contribution in [1.29, 1.82) is 0 Å². The van der Waals surface area contributed by atoms with E-state index in [1.165, 1.54) is 64.3 Å². The molecule has 0 amide bonds. The summed E-state index contributed by atoms with van der Waals surface area (Å²) in [7, 11) is 0. The Kier molecular flexibility index (Phi) is 2.77. The zero-order chi connectivity index (χ0) is 13.9. The van der Waals surface area contributed by atoms with Crippen LogP contribution in [0.4, 0.5) is 0 Å². The molecular weight excluding hydrogens is 254 g/mol. The molecule has 3 aliphatic carbocycles. The number of fused-ring (bicyclic) bond motifs is 1. The Morgan fingerprint density at radius 1 is 1.10 bits per heavy atom. The summed E-state index contributed by atoms with van der Waals surface area (Å²) in [5.41, 5.74) is 5.79. The normalized spacial score (nSPS) is 37.7. The molecule has 1 aromatic rings. The third-order valence-corrected chi connectivity index (χ3v) is 7.00. The molecule has 0 radical (unpaired) electrons. The molecule has 5 rings (SSSR count). The molecular formula is C20H27N. The molecule has 1 saturated heterocycles. The highest BCUT2D eigenvalue weighted by Crippen LogP contribution is 2.54. The van der Waals surface area contributed by atoms with Gasteiger partial charge in [-0.15, -0.1) is 0 Å². The summed E-state index contributed by atoms with van der Waals surface area (Å²) >= 11 is 0. The van der Waals surface area contributed by atoms with Gasteiger partial charge in [0.25, 0.3) is 0 Å². The van der Waals surface area contributed by atoms with Gasteiger partial charge in [0, 0.05) is 11.5 Å². The van der Waals surface area contributed by atoms with Crippen LogP contribution in [0, 0.1) is 11.8 Å². The summed E-state index contributed by atoms with van der Waals surface area (Å²) in [6, 6.07) is 8.09. The fourth-order valence-corrected chi connectivity index (χ4v) is 5.86. The Balaban J connectivity index is 1.64. The highest BCUT2D eigenvalue weighted by atomic mass is 15.0. The number of rotatable bonds is 2. The van der Waals surface area contributed by atoms with E-state index in [1.54, 1.807) is 16.7 Å². The largest absolute Gasteiger partial charge is 0.313 e. The number of hydrogen-bond acceptors (Lipinski definition) is 1. The van der Waals surface area contributed by atoms with Gasteiger partial charge < -0.3 is 5.32 Å². The Morgan fingerprint density at radius 3 is 2.95 bits per heavy atom. The second-order valence-corrected chi connectivity index (χ2v) is 8.11. The maximum absolute atomic E-state index is 3.88. The van der Waals surface area contributed by atoms with Gasteiger partial charge in [-0.1, -0.05) is 31.0 Å². The molecule has 0 spiro atoms. The fraction of sp³-hybridized carbons (Fsp3) is 0.700. The number of nitrogens with one attached hydrogen (secondary N) is 1. The van der Waals surface area contributed by atoms with Crippen molar-refractivity contribution in [3.8, 4) is 0 Å². The molecule has 1 heteroatoms. The summed E-state index contributed by atoms with van der Waals surface area (Å²) < 4.78 is 0. The fourth-order valence-electron chi connectivity index (χ4n) is 5.86. The van der Waals surface area contributed by atoms with Crippen LogP contribution in [0.5, 0.6) is 0 Å². The molecule has 1 N–H and O–H groups in total. The predicted molar refractivity (Wildman–Crippen MR) is 86.6 cm³/mol. The molecule has 0 aromatic heterocycles.